The van der Waals surface area contributed by atoms with Crippen molar-refractivity contribution in [1.82, 2.24) is 19.7 Å². The van der Waals surface area contributed by atoms with Crippen molar-refractivity contribution in [2.24, 2.45) is 22.0 Å². The summed E-state index contributed by atoms with van der Waals surface area (Å²) < 4.78 is 9.65. The van der Waals surface area contributed by atoms with E-state index in [1.165, 1.54) is 17.8 Å². The lowest BCUT2D eigenvalue weighted by atomic mass is 9.39. The van der Waals surface area contributed by atoms with E-state index in [4.69, 9.17) is 20.6 Å². The SMILES string of the molecule is Cc1c(-c2ccc(N3CCc4c(C#N)ccc(C(=O)Nc5nc6ccccc6s5)c4C3)nc2C(=O)O)cnn1CC12CC3(C)CC(C)(C1)CC(OCCN)(C3)C2. The van der Waals surface area contributed by atoms with E-state index in [1.54, 1.807) is 18.3 Å². The van der Waals surface area contributed by atoms with Gasteiger partial charge >= 0.3 is 5.97 Å². The van der Waals surface area contributed by atoms with Gasteiger partial charge in [0.1, 0.15) is 5.82 Å². The number of amides is 1. The van der Waals surface area contributed by atoms with Gasteiger partial charge in [-0.1, -0.05) is 37.3 Å². The Bertz CT molecular complexity index is 2410. The molecule has 1 amide bonds. The Morgan fingerprint density at radius 1 is 1.00 bits per heavy atom. The highest BCUT2D eigenvalue weighted by Gasteiger charge is 2.66. The lowest BCUT2D eigenvalue weighted by Gasteiger charge is -2.69. The molecule has 4 N–H and O–H groups in total. The Balaban J connectivity index is 0.990. The number of hydrogen-bond donors (Lipinski definition) is 3. The molecule has 4 aliphatic carbocycles. The molecule has 10 rings (SSSR count). The molecule has 13 heteroatoms. The van der Waals surface area contributed by atoms with E-state index in [0.29, 0.717) is 53.8 Å². The molecular weight excluding hydrogens is 725 g/mol. The van der Waals surface area contributed by atoms with Crippen LogP contribution in [0.2, 0.25) is 0 Å². The van der Waals surface area contributed by atoms with Crippen molar-refractivity contribution in [2.45, 2.75) is 84.4 Å². The lowest BCUT2D eigenvalue weighted by Crippen LogP contribution is -2.64. The van der Waals surface area contributed by atoms with E-state index in [2.05, 4.69) is 34.9 Å². The first-order chi connectivity index (χ1) is 26.8. The highest BCUT2D eigenvalue weighted by Crippen LogP contribution is 2.72. The molecule has 4 saturated carbocycles. The largest absolute Gasteiger partial charge is 0.476 e. The summed E-state index contributed by atoms with van der Waals surface area (Å²) in [6.45, 7) is 9.49. The molecule has 4 fully saturated rings. The molecule has 4 bridgehead atoms. The summed E-state index contributed by atoms with van der Waals surface area (Å²) in [4.78, 5) is 37.9. The topological polar surface area (TPSA) is 172 Å². The van der Waals surface area contributed by atoms with Crippen molar-refractivity contribution in [1.29, 1.82) is 5.26 Å². The molecular formula is C43H46N8O4S. The number of fused-ring (bicyclic) bond motifs is 2. The van der Waals surface area contributed by atoms with Gasteiger partial charge in [-0.2, -0.15) is 10.4 Å². The van der Waals surface area contributed by atoms with Crippen molar-refractivity contribution < 1.29 is 19.4 Å². The number of nitrogens with zero attached hydrogens (tertiary/aromatic N) is 6. The van der Waals surface area contributed by atoms with Crippen molar-refractivity contribution in [2.75, 3.05) is 29.9 Å². The van der Waals surface area contributed by atoms with Crippen LogP contribution in [0.1, 0.15) is 95.6 Å². The number of carboxylic acid groups (broad SMARTS) is 1. The number of benzene rings is 2. The number of thiazole rings is 1. The van der Waals surface area contributed by atoms with Gasteiger partial charge in [0, 0.05) is 48.6 Å². The molecule has 4 heterocycles. The van der Waals surface area contributed by atoms with Crippen molar-refractivity contribution >= 4 is 44.4 Å². The van der Waals surface area contributed by atoms with Crippen LogP contribution < -0.4 is 16.0 Å². The van der Waals surface area contributed by atoms with Crippen LogP contribution in [0.5, 0.6) is 0 Å². The van der Waals surface area contributed by atoms with E-state index in [9.17, 15) is 20.0 Å². The second-order valence-electron chi connectivity index (χ2n) is 17.5. The standard InChI is InChI=1S/C43H46N8O4S/c1-26-31(17-46-51(26)25-42-20-40(2)19-41(3,21-42)23-43(22-40,24-42)55-15-13-44)29-10-11-35(48-36(29)38(53)54)50-14-12-28-27(16-45)8-9-30(32(28)18-50)37(52)49-39-47-33-6-4-5-7-34(33)56-39/h4-11,17H,12-15,18-25,44H2,1-3H3,(H,53,54)(H,47,49,52). The zero-order valence-corrected chi connectivity index (χ0v) is 32.8. The van der Waals surface area contributed by atoms with Gasteiger partial charge in [0.25, 0.3) is 5.91 Å². The number of nitrogens with two attached hydrogens (primary N) is 1. The summed E-state index contributed by atoms with van der Waals surface area (Å²) in [5.74, 6) is -0.960. The number of ether oxygens (including phenoxy) is 1. The highest BCUT2D eigenvalue weighted by atomic mass is 32.1. The predicted octanol–water partition coefficient (Wildman–Crippen LogP) is 7.34. The van der Waals surface area contributed by atoms with Gasteiger partial charge in [0.15, 0.2) is 10.8 Å². The molecule has 2 atom stereocenters. The Labute approximate surface area is 329 Å². The number of aromatic carboxylic acids is 1. The normalized spacial score (nSPS) is 26.3. The van der Waals surface area contributed by atoms with Crippen LogP contribution in [0.3, 0.4) is 0 Å². The fourth-order valence-electron chi connectivity index (χ4n) is 11.9. The number of pyridine rings is 1. The fraction of sp³-hybridized carbons (Fsp3) is 0.442. The number of carbonyl (C=O) groups is 2. The molecule has 2 unspecified atom stereocenters. The van der Waals surface area contributed by atoms with Gasteiger partial charge in [-0.05, 0) is 116 Å². The van der Waals surface area contributed by atoms with Crippen molar-refractivity contribution in [3.8, 4) is 17.2 Å². The Morgan fingerprint density at radius 2 is 1.79 bits per heavy atom. The molecule has 56 heavy (non-hydrogen) atoms. The minimum absolute atomic E-state index is 0.0265. The Morgan fingerprint density at radius 3 is 2.52 bits per heavy atom. The minimum atomic E-state index is -1.13. The number of nitrogens with one attached hydrogen (secondary N) is 1. The maximum absolute atomic E-state index is 13.7. The monoisotopic (exact) mass is 770 g/mol. The summed E-state index contributed by atoms with van der Waals surface area (Å²) >= 11 is 1.40. The second kappa shape index (κ2) is 13.2. The minimum Gasteiger partial charge on any atom is -0.476 e. The first-order valence-electron chi connectivity index (χ1n) is 19.4. The van der Waals surface area contributed by atoms with Crippen molar-refractivity contribution in [3.63, 3.8) is 0 Å². The number of anilines is 2. The number of nitriles is 1. The van der Waals surface area contributed by atoms with E-state index < -0.39 is 5.97 Å². The van der Waals surface area contributed by atoms with Gasteiger partial charge in [-0.25, -0.2) is 14.8 Å². The van der Waals surface area contributed by atoms with Crippen LogP contribution in [-0.4, -0.2) is 62.0 Å². The summed E-state index contributed by atoms with van der Waals surface area (Å²) in [6.07, 6.45) is 8.85. The fourth-order valence-corrected chi connectivity index (χ4v) is 12.8. The van der Waals surface area contributed by atoms with Crippen LogP contribution in [0.15, 0.2) is 54.7 Å². The molecule has 0 spiro atoms. The molecule has 0 saturated heterocycles. The average molecular weight is 771 g/mol. The number of aromatic nitrogens is 4. The first kappa shape index (κ1) is 36.5. The highest BCUT2D eigenvalue weighted by molar-refractivity contribution is 7.22. The van der Waals surface area contributed by atoms with Gasteiger partial charge in [-0.3, -0.25) is 14.8 Å². The molecule has 2 aromatic carbocycles. The van der Waals surface area contributed by atoms with E-state index in [-0.39, 0.29) is 40.0 Å². The molecule has 3 aromatic heterocycles. The van der Waals surface area contributed by atoms with Gasteiger partial charge in [0.05, 0.1) is 40.3 Å². The third-order valence-electron chi connectivity index (χ3n) is 12.8. The van der Waals surface area contributed by atoms with Gasteiger partial charge < -0.3 is 20.5 Å². The van der Waals surface area contributed by atoms with Gasteiger partial charge in [-0.15, -0.1) is 0 Å². The maximum Gasteiger partial charge on any atom is 0.355 e. The molecule has 5 aromatic rings. The third kappa shape index (κ3) is 6.24. The van der Waals surface area contributed by atoms with Crippen LogP contribution in [0.25, 0.3) is 21.3 Å². The second-order valence-corrected chi connectivity index (χ2v) is 18.5. The van der Waals surface area contributed by atoms with E-state index in [1.807, 2.05) is 48.2 Å². The summed E-state index contributed by atoms with van der Waals surface area (Å²) in [5.41, 5.74) is 11.6. The zero-order chi connectivity index (χ0) is 39.0. The summed E-state index contributed by atoms with van der Waals surface area (Å²) in [6, 6.07) is 17.0. The molecule has 0 radical (unpaired) electrons. The average Bonchev–Trinajstić information content (AvgIpc) is 3.73. The Kier molecular flexibility index (Phi) is 8.61. The number of rotatable bonds is 10. The smallest absolute Gasteiger partial charge is 0.355 e. The maximum atomic E-state index is 13.7. The number of hydrogen-bond acceptors (Lipinski definition) is 10. The number of carboxylic acids is 1. The number of carbonyl (C=O) groups excluding carboxylic acids is 1. The molecule has 1 aliphatic heterocycles. The summed E-state index contributed by atoms with van der Waals surface area (Å²) in [7, 11) is 0. The lowest BCUT2D eigenvalue weighted by molar-refractivity contribution is -0.247. The first-order valence-corrected chi connectivity index (χ1v) is 20.2. The predicted molar refractivity (Wildman–Crippen MR) is 215 cm³/mol. The quantitative estimate of drug-likeness (QED) is 0.130. The molecule has 288 valence electrons. The van der Waals surface area contributed by atoms with Gasteiger partial charge in [0.2, 0.25) is 0 Å². The van der Waals surface area contributed by atoms with Crippen LogP contribution >= 0.6 is 11.3 Å². The van der Waals surface area contributed by atoms with Crippen molar-refractivity contribution in [3.05, 3.63) is 88.4 Å². The number of para-hydroxylation sites is 1. The van der Waals surface area contributed by atoms with Crippen LogP contribution in [0.4, 0.5) is 10.9 Å². The third-order valence-corrected chi connectivity index (χ3v) is 13.7. The van der Waals surface area contributed by atoms with Crippen LogP contribution in [-0.2, 0) is 24.2 Å². The van der Waals surface area contributed by atoms with E-state index >= 15 is 0 Å². The zero-order valence-electron chi connectivity index (χ0n) is 32.0. The molecule has 12 nitrogen and oxygen atoms in total. The van der Waals surface area contributed by atoms with Crippen LogP contribution in [0, 0.1) is 34.5 Å². The molecule has 5 aliphatic rings. The van der Waals surface area contributed by atoms with E-state index in [0.717, 1.165) is 71.2 Å². The Hall–Kier alpha value is -5.16. The summed E-state index contributed by atoms with van der Waals surface area (Å²) in [5, 5.41) is 28.8.